The number of nitrogens with one attached hydrogen (secondary N) is 2. The predicted molar refractivity (Wildman–Crippen MR) is 115 cm³/mol. The fourth-order valence-electron chi connectivity index (χ4n) is 4.36. The molecule has 0 radical (unpaired) electrons. The van der Waals surface area contributed by atoms with Crippen molar-refractivity contribution in [3.8, 4) is 17.0 Å². The van der Waals surface area contributed by atoms with Gasteiger partial charge < -0.3 is 24.7 Å². The molecule has 0 bridgehead atoms. The monoisotopic (exact) mass is 443 g/mol. The Balaban J connectivity index is 1.55. The van der Waals surface area contributed by atoms with Gasteiger partial charge in [-0.1, -0.05) is 0 Å². The molecule has 3 N–H and O–H groups in total. The van der Waals surface area contributed by atoms with Gasteiger partial charge in [0, 0.05) is 29.6 Å². The molecule has 4 aromatic rings. The number of methoxy groups -OCH3 is 1. The molecular weight excluding hydrogens is 420 g/mol. The molecule has 1 saturated carbocycles. The molecule has 11 heteroatoms. The number of alkyl halides is 2. The first-order chi connectivity index (χ1) is 15.2. The number of aromatic amines is 1. The number of imidazole rings is 1. The van der Waals surface area contributed by atoms with Crippen LogP contribution in [0, 0.1) is 6.92 Å². The van der Waals surface area contributed by atoms with Gasteiger partial charge in [-0.15, -0.1) is 0 Å². The van der Waals surface area contributed by atoms with Crippen molar-refractivity contribution in [3.05, 3.63) is 24.3 Å². The molecule has 0 amide bonds. The van der Waals surface area contributed by atoms with Crippen LogP contribution < -0.4 is 10.1 Å². The number of aromatic nitrogens is 6. The molecule has 32 heavy (non-hydrogen) atoms. The van der Waals surface area contributed by atoms with Crippen molar-refractivity contribution in [2.45, 2.75) is 51.3 Å². The molecule has 168 valence electrons. The van der Waals surface area contributed by atoms with E-state index < -0.39 is 18.6 Å². The molecule has 4 aromatic heterocycles. The summed E-state index contributed by atoms with van der Waals surface area (Å²) < 4.78 is 33.1. The molecule has 1 aliphatic rings. The molecule has 4 heterocycles. The Morgan fingerprint density at radius 1 is 1.34 bits per heavy atom. The van der Waals surface area contributed by atoms with Crippen LogP contribution in [-0.4, -0.2) is 59.8 Å². The number of rotatable bonds is 6. The van der Waals surface area contributed by atoms with Crippen molar-refractivity contribution in [1.29, 1.82) is 0 Å². The van der Waals surface area contributed by atoms with Crippen molar-refractivity contribution in [3.63, 3.8) is 0 Å². The van der Waals surface area contributed by atoms with E-state index >= 15 is 0 Å². The third kappa shape index (κ3) is 3.52. The Hall–Kier alpha value is -3.34. The second kappa shape index (κ2) is 7.37. The van der Waals surface area contributed by atoms with Gasteiger partial charge in [-0.05, 0) is 32.8 Å². The second-order valence-corrected chi connectivity index (χ2v) is 8.46. The van der Waals surface area contributed by atoms with Gasteiger partial charge in [0.1, 0.15) is 11.5 Å². The van der Waals surface area contributed by atoms with Gasteiger partial charge in [-0.25, -0.2) is 18.7 Å². The molecule has 0 unspecified atom stereocenters. The first-order valence-electron chi connectivity index (χ1n) is 10.3. The van der Waals surface area contributed by atoms with Crippen molar-refractivity contribution >= 4 is 28.1 Å². The Bertz CT molecular complexity index is 1310. The fraction of sp³-hybridized carbons (Fsp3) is 0.429. The maximum absolute atomic E-state index is 13.1. The minimum absolute atomic E-state index is 0.0894. The van der Waals surface area contributed by atoms with Gasteiger partial charge in [-0.2, -0.15) is 9.97 Å². The fourth-order valence-corrected chi connectivity index (χ4v) is 4.36. The van der Waals surface area contributed by atoms with Gasteiger partial charge in [0.2, 0.25) is 11.8 Å². The van der Waals surface area contributed by atoms with Crippen LogP contribution in [0.1, 0.15) is 25.6 Å². The minimum Gasteiger partial charge on any atom is -0.480 e. The molecule has 1 aliphatic carbocycles. The summed E-state index contributed by atoms with van der Waals surface area (Å²) in [5.74, 6) is 1.26. The van der Waals surface area contributed by atoms with Crippen LogP contribution >= 0.6 is 0 Å². The molecule has 0 aromatic carbocycles. The first kappa shape index (κ1) is 20.6. The number of fused-ring (bicyclic) bond motifs is 2. The maximum Gasteiger partial charge on any atom is 0.256 e. The van der Waals surface area contributed by atoms with E-state index in [0.29, 0.717) is 58.3 Å². The Morgan fingerprint density at radius 3 is 2.81 bits per heavy atom. The lowest BCUT2D eigenvalue weighted by molar-refractivity contribution is -0.0236. The molecule has 9 nitrogen and oxygen atoms in total. The van der Waals surface area contributed by atoms with E-state index in [9.17, 15) is 13.9 Å². The highest BCUT2D eigenvalue weighted by Crippen LogP contribution is 2.37. The average molecular weight is 443 g/mol. The van der Waals surface area contributed by atoms with E-state index in [1.54, 1.807) is 32.3 Å². The highest BCUT2D eigenvalue weighted by molar-refractivity contribution is 5.98. The SMILES string of the molecule is COc1nc(NC2CC(C)(O)C2)nc2[nH]cc(-c3cnc4nc(C)n(CC(F)F)c4c3)c12. The van der Waals surface area contributed by atoms with E-state index in [4.69, 9.17) is 4.74 Å². The number of aryl methyl sites for hydroxylation is 1. The number of anilines is 1. The molecule has 0 atom stereocenters. The summed E-state index contributed by atoms with van der Waals surface area (Å²) in [5.41, 5.74) is 2.30. The summed E-state index contributed by atoms with van der Waals surface area (Å²) in [6.45, 7) is 3.03. The van der Waals surface area contributed by atoms with E-state index in [1.807, 2.05) is 0 Å². The van der Waals surface area contributed by atoms with Crippen LogP contribution in [0.5, 0.6) is 5.88 Å². The largest absolute Gasteiger partial charge is 0.480 e. The van der Waals surface area contributed by atoms with Crippen LogP contribution in [0.2, 0.25) is 0 Å². The maximum atomic E-state index is 13.1. The molecule has 0 saturated heterocycles. The zero-order chi connectivity index (χ0) is 22.6. The lowest BCUT2D eigenvalue weighted by atomic mass is 9.77. The molecule has 0 spiro atoms. The smallest absolute Gasteiger partial charge is 0.256 e. The topological polar surface area (TPSA) is 114 Å². The van der Waals surface area contributed by atoms with E-state index in [0.717, 1.165) is 5.56 Å². The van der Waals surface area contributed by atoms with Crippen LogP contribution in [0.3, 0.4) is 0 Å². The lowest BCUT2D eigenvalue weighted by Crippen LogP contribution is -2.48. The van der Waals surface area contributed by atoms with Gasteiger partial charge >= 0.3 is 0 Å². The Morgan fingerprint density at radius 2 is 2.12 bits per heavy atom. The number of H-pyrrole nitrogens is 1. The minimum atomic E-state index is -2.50. The van der Waals surface area contributed by atoms with Gasteiger partial charge in [0.05, 0.1) is 30.2 Å². The van der Waals surface area contributed by atoms with Crippen LogP contribution in [0.25, 0.3) is 33.3 Å². The average Bonchev–Trinajstić information content (AvgIpc) is 3.26. The molecular formula is C21H23F2N7O2. The zero-order valence-corrected chi connectivity index (χ0v) is 17.9. The number of pyridine rings is 1. The summed E-state index contributed by atoms with van der Waals surface area (Å²) >= 11 is 0. The number of ether oxygens (including phenoxy) is 1. The summed E-state index contributed by atoms with van der Waals surface area (Å²) in [5, 5.41) is 13.8. The molecule has 5 rings (SSSR count). The van der Waals surface area contributed by atoms with E-state index in [-0.39, 0.29) is 6.04 Å². The zero-order valence-electron chi connectivity index (χ0n) is 17.9. The Labute approximate surface area is 181 Å². The summed E-state index contributed by atoms with van der Waals surface area (Å²) in [4.78, 5) is 20.8. The highest BCUT2D eigenvalue weighted by Gasteiger charge is 2.38. The van der Waals surface area contributed by atoms with Crippen LogP contribution in [-0.2, 0) is 6.54 Å². The normalized spacial score (nSPS) is 20.8. The summed E-state index contributed by atoms with van der Waals surface area (Å²) in [7, 11) is 1.53. The number of halogens is 2. The summed E-state index contributed by atoms with van der Waals surface area (Å²) in [6, 6.07) is 1.88. The van der Waals surface area contributed by atoms with Gasteiger partial charge in [-0.3, -0.25) is 0 Å². The van der Waals surface area contributed by atoms with Crippen molar-refractivity contribution in [1.82, 2.24) is 29.5 Å². The molecule has 0 aliphatic heterocycles. The highest BCUT2D eigenvalue weighted by atomic mass is 19.3. The van der Waals surface area contributed by atoms with Crippen LogP contribution in [0.4, 0.5) is 14.7 Å². The Kier molecular flexibility index (Phi) is 4.73. The molecule has 1 fully saturated rings. The predicted octanol–water partition coefficient (Wildman–Crippen LogP) is 3.28. The van der Waals surface area contributed by atoms with E-state index in [2.05, 4.69) is 30.2 Å². The van der Waals surface area contributed by atoms with Crippen LogP contribution in [0.15, 0.2) is 18.5 Å². The third-order valence-corrected chi connectivity index (χ3v) is 5.83. The number of hydrogen-bond donors (Lipinski definition) is 3. The lowest BCUT2D eigenvalue weighted by Gasteiger charge is -2.41. The van der Waals surface area contributed by atoms with Gasteiger partial charge in [0.15, 0.2) is 5.65 Å². The van der Waals surface area contributed by atoms with Gasteiger partial charge in [0.25, 0.3) is 6.43 Å². The number of aliphatic hydroxyl groups is 1. The number of nitrogens with zero attached hydrogens (tertiary/aromatic N) is 5. The standard InChI is InChI=1S/C21H23F2N7O2/c1-10-26-17-14(30(10)9-15(22)23)4-11(7-24-17)13-8-25-18-16(13)19(32-3)29-20(28-18)27-12-5-21(2,31)6-12/h4,7-8,12,15,31H,5-6,9H2,1-3H3,(H2,25,27,28,29). The first-order valence-corrected chi connectivity index (χ1v) is 10.3. The summed E-state index contributed by atoms with van der Waals surface area (Å²) in [6.07, 6.45) is 2.14. The quantitative estimate of drug-likeness (QED) is 0.419. The van der Waals surface area contributed by atoms with Crippen molar-refractivity contribution < 1.29 is 18.6 Å². The number of hydrogen-bond acceptors (Lipinski definition) is 7. The second-order valence-electron chi connectivity index (χ2n) is 8.46. The van der Waals surface area contributed by atoms with Crippen molar-refractivity contribution in [2.24, 2.45) is 0 Å². The van der Waals surface area contributed by atoms with Crippen molar-refractivity contribution in [2.75, 3.05) is 12.4 Å². The third-order valence-electron chi connectivity index (χ3n) is 5.83. The van der Waals surface area contributed by atoms with E-state index in [1.165, 1.54) is 11.7 Å².